The van der Waals surface area contributed by atoms with E-state index in [-0.39, 0.29) is 11.6 Å². The highest BCUT2D eigenvalue weighted by Gasteiger charge is 2.47. The summed E-state index contributed by atoms with van der Waals surface area (Å²) in [5.41, 5.74) is 7.39. The molecule has 1 saturated heterocycles. The first-order valence-corrected chi connectivity index (χ1v) is 8.66. The second-order valence-electron chi connectivity index (χ2n) is 6.32. The van der Waals surface area contributed by atoms with Gasteiger partial charge in [-0.15, -0.1) is 0 Å². The number of morpholine rings is 1. The number of carbonyl (C=O) groups is 1. The lowest BCUT2D eigenvalue weighted by Crippen LogP contribution is -2.60. The van der Waals surface area contributed by atoms with Gasteiger partial charge < -0.3 is 20.3 Å². The molecule has 0 aliphatic carbocycles. The Morgan fingerprint density at radius 3 is 2.63 bits per heavy atom. The molecule has 1 aromatic carbocycles. The zero-order valence-corrected chi connectivity index (χ0v) is 14.9. The van der Waals surface area contributed by atoms with E-state index in [1.54, 1.807) is 13.1 Å². The van der Waals surface area contributed by atoms with Crippen molar-refractivity contribution < 1.29 is 14.1 Å². The highest BCUT2D eigenvalue weighted by Crippen LogP contribution is 2.33. The maximum atomic E-state index is 12.3. The standard InChI is InChI=1S/C18H20N6O3/c1-12-21-17(27-23-12)18(24-7-9-26-10-8-24)20-11-14(15(22-18)16(19)25)13-5-3-2-4-6-13/h2-6,11,22H,7-10H2,1H3,(H2,19,25). The van der Waals surface area contributed by atoms with E-state index in [9.17, 15) is 4.79 Å². The molecule has 4 rings (SSSR count). The van der Waals surface area contributed by atoms with Crippen LogP contribution in [-0.2, 0) is 15.3 Å². The fraction of sp³-hybridized carbons (Fsp3) is 0.333. The van der Waals surface area contributed by atoms with Gasteiger partial charge in [-0.3, -0.25) is 4.79 Å². The molecular weight excluding hydrogens is 348 g/mol. The Morgan fingerprint density at radius 1 is 1.26 bits per heavy atom. The molecule has 1 unspecified atom stereocenters. The molecule has 2 aliphatic heterocycles. The zero-order chi connectivity index (χ0) is 18.9. The largest absolute Gasteiger partial charge is 0.379 e. The summed E-state index contributed by atoms with van der Waals surface area (Å²) < 4.78 is 10.9. The van der Waals surface area contributed by atoms with Crippen LogP contribution in [0.15, 0.2) is 45.5 Å². The molecule has 27 heavy (non-hydrogen) atoms. The minimum atomic E-state index is -1.20. The molecule has 1 fully saturated rings. The van der Waals surface area contributed by atoms with Crippen LogP contribution in [0.2, 0.25) is 0 Å². The van der Waals surface area contributed by atoms with Crippen LogP contribution in [0.5, 0.6) is 0 Å². The third-order valence-electron chi connectivity index (χ3n) is 4.57. The van der Waals surface area contributed by atoms with Crippen molar-refractivity contribution in [2.45, 2.75) is 12.7 Å². The van der Waals surface area contributed by atoms with Crippen molar-refractivity contribution in [1.29, 1.82) is 0 Å². The number of carbonyl (C=O) groups excluding carboxylic acids is 1. The number of nitrogens with one attached hydrogen (secondary N) is 1. The zero-order valence-electron chi connectivity index (χ0n) is 14.9. The molecule has 9 heteroatoms. The quantitative estimate of drug-likeness (QED) is 0.801. The highest BCUT2D eigenvalue weighted by molar-refractivity contribution is 6.19. The summed E-state index contributed by atoms with van der Waals surface area (Å²) in [6.07, 6.45) is 1.64. The molecule has 1 amide bonds. The lowest BCUT2D eigenvalue weighted by Gasteiger charge is -2.42. The van der Waals surface area contributed by atoms with Gasteiger partial charge in [0.15, 0.2) is 5.82 Å². The van der Waals surface area contributed by atoms with Crippen LogP contribution in [0.4, 0.5) is 0 Å². The SMILES string of the molecule is Cc1noc(C2(N3CCOCC3)N=CC(c3ccccc3)=C(C(N)=O)N2)n1. The van der Waals surface area contributed by atoms with Gasteiger partial charge in [0, 0.05) is 24.9 Å². The van der Waals surface area contributed by atoms with Gasteiger partial charge in [-0.2, -0.15) is 4.98 Å². The normalized spacial score (nSPS) is 23.3. The molecule has 9 nitrogen and oxygen atoms in total. The number of nitrogens with two attached hydrogens (primary N) is 1. The fourth-order valence-corrected chi connectivity index (χ4v) is 3.26. The van der Waals surface area contributed by atoms with Crippen LogP contribution >= 0.6 is 0 Å². The molecular formula is C18H20N6O3. The Kier molecular flexibility index (Phi) is 4.46. The van der Waals surface area contributed by atoms with E-state index >= 15 is 0 Å². The van der Waals surface area contributed by atoms with Crippen LogP contribution < -0.4 is 11.1 Å². The van der Waals surface area contributed by atoms with Gasteiger partial charge in [-0.25, -0.2) is 9.89 Å². The number of rotatable bonds is 4. The van der Waals surface area contributed by atoms with Crippen molar-refractivity contribution in [3.63, 3.8) is 0 Å². The van der Waals surface area contributed by atoms with Gasteiger partial charge in [0.05, 0.1) is 13.2 Å². The summed E-state index contributed by atoms with van der Waals surface area (Å²) in [4.78, 5) is 23.4. The first-order valence-electron chi connectivity index (χ1n) is 8.66. The maximum Gasteiger partial charge on any atom is 0.291 e. The molecule has 1 aromatic heterocycles. The van der Waals surface area contributed by atoms with E-state index in [2.05, 4.69) is 15.5 Å². The number of amides is 1. The first kappa shape index (κ1) is 17.4. The van der Waals surface area contributed by atoms with Crippen molar-refractivity contribution >= 4 is 17.7 Å². The molecule has 0 saturated carbocycles. The number of hydrogen-bond acceptors (Lipinski definition) is 8. The maximum absolute atomic E-state index is 12.3. The number of primary amides is 1. The number of hydrogen-bond donors (Lipinski definition) is 2. The minimum absolute atomic E-state index is 0.249. The van der Waals surface area contributed by atoms with Gasteiger partial charge in [0.1, 0.15) is 5.70 Å². The molecule has 0 spiro atoms. The van der Waals surface area contributed by atoms with Gasteiger partial charge in [-0.05, 0) is 12.5 Å². The number of benzene rings is 1. The minimum Gasteiger partial charge on any atom is -0.379 e. The van der Waals surface area contributed by atoms with Crippen molar-refractivity contribution in [3.05, 3.63) is 53.3 Å². The van der Waals surface area contributed by atoms with Crippen LogP contribution in [0, 0.1) is 6.92 Å². The molecule has 0 bridgehead atoms. The monoisotopic (exact) mass is 368 g/mol. The number of allylic oxidation sites excluding steroid dienone is 1. The average Bonchev–Trinajstić information content (AvgIpc) is 3.15. The second-order valence-corrected chi connectivity index (χ2v) is 6.32. The predicted octanol–water partition coefficient (Wildman–Crippen LogP) is 0.391. The van der Waals surface area contributed by atoms with E-state index in [1.807, 2.05) is 35.2 Å². The Hall–Kier alpha value is -3.04. The number of aliphatic imine (C=N–C) groups is 1. The average molecular weight is 368 g/mol. The molecule has 3 heterocycles. The van der Waals surface area contributed by atoms with Crippen LogP contribution in [-0.4, -0.2) is 53.5 Å². The molecule has 2 aliphatic rings. The second kappa shape index (κ2) is 6.93. The molecule has 140 valence electrons. The van der Waals surface area contributed by atoms with E-state index in [4.69, 9.17) is 20.0 Å². The smallest absolute Gasteiger partial charge is 0.291 e. The lowest BCUT2D eigenvalue weighted by molar-refractivity contribution is -0.116. The Balaban J connectivity index is 1.82. The van der Waals surface area contributed by atoms with Gasteiger partial charge >= 0.3 is 0 Å². The van der Waals surface area contributed by atoms with E-state index in [1.165, 1.54) is 0 Å². The van der Waals surface area contributed by atoms with Gasteiger partial charge in [-0.1, -0.05) is 35.5 Å². The number of ether oxygens (including phenoxy) is 1. The highest BCUT2D eigenvalue weighted by atomic mass is 16.5. The number of aryl methyl sites for hydroxylation is 1. The van der Waals surface area contributed by atoms with Crippen molar-refractivity contribution in [2.24, 2.45) is 10.7 Å². The van der Waals surface area contributed by atoms with E-state index in [0.717, 1.165) is 5.56 Å². The third-order valence-corrected chi connectivity index (χ3v) is 4.57. The Morgan fingerprint density at radius 2 is 2.00 bits per heavy atom. The summed E-state index contributed by atoms with van der Waals surface area (Å²) in [5, 5.41) is 7.08. The predicted molar refractivity (Wildman–Crippen MR) is 97.3 cm³/mol. The van der Waals surface area contributed by atoms with Crippen LogP contribution in [0.3, 0.4) is 0 Å². The topological polar surface area (TPSA) is 119 Å². The van der Waals surface area contributed by atoms with Crippen molar-refractivity contribution in [3.8, 4) is 0 Å². The summed E-state index contributed by atoms with van der Waals surface area (Å²) in [5.74, 6) is -1.06. The summed E-state index contributed by atoms with van der Waals surface area (Å²) in [6, 6.07) is 9.47. The summed E-state index contributed by atoms with van der Waals surface area (Å²) in [6.45, 7) is 3.96. The van der Waals surface area contributed by atoms with Gasteiger partial charge in [0.2, 0.25) is 0 Å². The van der Waals surface area contributed by atoms with E-state index in [0.29, 0.717) is 37.7 Å². The number of aromatic nitrogens is 2. The van der Waals surface area contributed by atoms with Crippen molar-refractivity contribution in [2.75, 3.05) is 26.3 Å². The van der Waals surface area contributed by atoms with Crippen molar-refractivity contribution in [1.82, 2.24) is 20.4 Å². The molecule has 3 N–H and O–H groups in total. The molecule has 1 atom stereocenters. The summed E-state index contributed by atoms with van der Waals surface area (Å²) >= 11 is 0. The van der Waals surface area contributed by atoms with Gasteiger partial charge in [0.25, 0.3) is 17.6 Å². The third kappa shape index (κ3) is 3.11. The van der Waals surface area contributed by atoms with Crippen LogP contribution in [0.1, 0.15) is 17.3 Å². The molecule has 2 aromatic rings. The first-order chi connectivity index (χ1) is 13.1. The Bertz CT molecular complexity index is 901. The van der Waals surface area contributed by atoms with Crippen LogP contribution in [0.25, 0.3) is 5.57 Å². The van der Waals surface area contributed by atoms with E-state index < -0.39 is 11.7 Å². The number of nitrogens with zero attached hydrogens (tertiary/aromatic N) is 4. The lowest BCUT2D eigenvalue weighted by atomic mass is 10.0. The summed E-state index contributed by atoms with van der Waals surface area (Å²) in [7, 11) is 0. The molecule has 0 radical (unpaired) electrons. The fourth-order valence-electron chi connectivity index (χ4n) is 3.26. The Labute approximate surface area is 155 Å².